The Morgan fingerprint density at radius 2 is 1.74 bits per heavy atom. The molecule has 3 rings (SSSR count). The third-order valence-corrected chi connectivity index (χ3v) is 4.31. The summed E-state index contributed by atoms with van der Waals surface area (Å²) in [6.45, 7) is 3.31. The predicted octanol–water partition coefficient (Wildman–Crippen LogP) is 2.53. The summed E-state index contributed by atoms with van der Waals surface area (Å²) in [4.78, 5) is 28.8. The van der Waals surface area contributed by atoms with Gasteiger partial charge in [-0.25, -0.2) is 4.98 Å². The van der Waals surface area contributed by atoms with Crippen molar-refractivity contribution in [1.82, 2.24) is 20.2 Å². The lowest BCUT2D eigenvalue weighted by Gasteiger charge is -2.10. The SMILES string of the molecule is CCNC(=O)Cn1c(CCCNC(=O)c2ccccc2)nc2ccccc21. The van der Waals surface area contributed by atoms with E-state index in [2.05, 4.69) is 15.6 Å². The van der Waals surface area contributed by atoms with Gasteiger partial charge < -0.3 is 15.2 Å². The van der Waals surface area contributed by atoms with Gasteiger partial charge in [-0.3, -0.25) is 9.59 Å². The molecule has 0 saturated carbocycles. The second-order valence-corrected chi connectivity index (χ2v) is 6.28. The second kappa shape index (κ2) is 8.98. The molecule has 0 unspecified atom stereocenters. The molecule has 1 aromatic heterocycles. The van der Waals surface area contributed by atoms with Crippen molar-refractivity contribution >= 4 is 22.8 Å². The van der Waals surface area contributed by atoms with Crippen LogP contribution in [0.25, 0.3) is 11.0 Å². The zero-order chi connectivity index (χ0) is 19.1. The predicted molar refractivity (Wildman–Crippen MR) is 106 cm³/mol. The Bertz CT molecular complexity index is 918. The van der Waals surface area contributed by atoms with Gasteiger partial charge >= 0.3 is 0 Å². The van der Waals surface area contributed by atoms with Crippen LogP contribution >= 0.6 is 0 Å². The highest BCUT2D eigenvalue weighted by molar-refractivity contribution is 5.94. The van der Waals surface area contributed by atoms with E-state index < -0.39 is 0 Å². The quantitative estimate of drug-likeness (QED) is 0.603. The Kier molecular flexibility index (Phi) is 6.20. The number of benzene rings is 2. The number of aromatic nitrogens is 2. The van der Waals surface area contributed by atoms with Crippen LogP contribution in [0.2, 0.25) is 0 Å². The first kappa shape index (κ1) is 18.6. The van der Waals surface area contributed by atoms with E-state index in [9.17, 15) is 9.59 Å². The topological polar surface area (TPSA) is 76.0 Å². The Morgan fingerprint density at radius 1 is 1.00 bits per heavy atom. The molecule has 0 spiro atoms. The molecule has 2 N–H and O–H groups in total. The average Bonchev–Trinajstić information content (AvgIpc) is 3.03. The van der Waals surface area contributed by atoms with Crippen LogP contribution in [0, 0.1) is 0 Å². The van der Waals surface area contributed by atoms with Crippen molar-refractivity contribution in [2.75, 3.05) is 13.1 Å². The maximum Gasteiger partial charge on any atom is 0.251 e. The maximum absolute atomic E-state index is 12.1. The van der Waals surface area contributed by atoms with Gasteiger partial charge in [-0.1, -0.05) is 30.3 Å². The smallest absolute Gasteiger partial charge is 0.251 e. The van der Waals surface area contributed by atoms with Gasteiger partial charge in [0.15, 0.2) is 0 Å². The van der Waals surface area contributed by atoms with Crippen molar-refractivity contribution in [2.45, 2.75) is 26.3 Å². The summed E-state index contributed by atoms with van der Waals surface area (Å²) >= 11 is 0. The fourth-order valence-corrected chi connectivity index (χ4v) is 3.03. The molecular weight excluding hydrogens is 340 g/mol. The van der Waals surface area contributed by atoms with Gasteiger partial charge in [-0.15, -0.1) is 0 Å². The minimum atomic E-state index is -0.0774. The van der Waals surface area contributed by atoms with Crippen LogP contribution in [0.1, 0.15) is 29.5 Å². The van der Waals surface area contributed by atoms with Crippen LogP contribution in [-0.2, 0) is 17.8 Å². The Morgan fingerprint density at radius 3 is 2.52 bits per heavy atom. The maximum atomic E-state index is 12.1. The van der Waals surface area contributed by atoms with Gasteiger partial charge in [0, 0.05) is 25.1 Å². The fraction of sp³-hybridized carbons (Fsp3) is 0.286. The Balaban J connectivity index is 1.64. The van der Waals surface area contributed by atoms with Crippen molar-refractivity contribution in [3.63, 3.8) is 0 Å². The average molecular weight is 364 g/mol. The number of para-hydroxylation sites is 2. The van der Waals surface area contributed by atoms with Crippen LogP contribution in [0.4, 0.5) is 0 Å². The van der Waals surface area contributed by atoms with Gasteiger partial charge in [0.2, 0.25) is 5.91 Å². The van der Waals surface area contributed by atoms with E-state index in [0.29, 0.717) is 25.1 Å². The third-order valence-electron chi connectivity index (χ3n) is 4.31. The number of amides is 2. The zero-order valence-electron chi connectivity index (χ0n) is 15.4. The number of fused-ring (bicyclic) bond motifs is 1. The summed E-state index contributed by atoms with van der Waals surface area (Å²) < 4.78 is 1.96. The molecular formula is C21H24N4O2. The minimum Gasteiger partial charge on any atom is -0.355 e. The summed E-state index contributed by atoms with van der Waals surface area (Å²) in [6, 6.07) is 17.0. The van der Waals surface area contributed by atoms with Crippen LogP contribution in [0.15, 0.2) is 54.6 Å². The number of aryl methyl sites for hydroxylation is 1. The monoisotopic (exact) mass is 364 g/mol. The second-order valence-electron chi connectivity index (χ2n) is 6.28. The van der Waals surface area contributed by atoms with E-state index in [-0.39, 0.29) is 18.4 Å². The lowest BCUT2D eigenvalue weighted by Crippen LogP contribution is -2.28. The molecule has 6 nitrogen and oxygen atoms in total. The summed E-state index contributed by atoms with van der Waals surface area (Å²) in [5, 5.41) is 5.76. The summed E-state index contributed by atoms with van der Waals surface area (Å²) in [5.41, 5.74) is 2.48. The number of likely N-dealkylation sites (N-methyl/N-ethyl adjacent to an activating group) is 1. The highest BCUT2D eigenvalue weighted by atomic mass is 16.2. The van der Waals surface area contributed by atoms with Crippen molar-refractivity contribution < 1.29 is 9.59 Å². The highest BCUT2D eigenvalue weighted by Crippen LogP contribution is 2.17. The fourth-order valence-electron chi connectivity index (χ4n) is 3.03. The molecule has 140 valence electrons. The van der Waals surface area contributed by atoms with Gasteiger partial charge in [0.1, 0.15) is 12.4 Å². The molecule has 0 bridgehead atoms. The molecule has 1 heterocycles. The van der Waals surface area contributed by atoms with Crippen molar-refractivity contribution in [3.8, 4) is 0 Å². The Hall–Kier alpha value is -3.15. The van der Waals surface area contributed by atoms with Crippen molar-refractivity contribution in [2.24, 2.45) is 0 Å². The number of nitrogens with zero attached hydrogens (tertiary/aromatic N) is 2. The van der Waals surface area contributed by atoms with Crippen LogP contribution in [-0.4, -0.2) is 34.5 Å². The molecule has 0 aliphatic rings. The molecule has 0 saturated heterocycles. The third kappa shape index (κ3) is 4.73. The van der Waals surface area contributed by atoms with E-state index in [1.165, 1.54) is 0 Å². The summed E-state index contributed by atoms with van der Waals surface area (Å²) in [7, 11) is 0. The Labute approximate surface area is 158 Å². The summed E-state index contributed by atoms with van der Waals surface area (Å²) in [6.07, 6.45) is 1.43. The van der Waals surface area contributed by atoms with Gasteiger partial charge in [0.05, 0.1) is 11.0 Å². The van der Waals surface area contributed by atoms with E-state index in [0.717, 1.165) is 23.3 Å². The largest absolute Gasteiger partial charge is 0.355 e. The van der Waals surface area contributed by atoms with Crippen LogP contribution in [0.5, 0.6) is 0 Å². The van der Waals surface area contributed by atoms with E-state index in [4.69, 9.17) is 0 Å². The van der Waals surface area contributed by atoms with E-state index in [1.54, 1.807) is 12.1 Å². The number of nitrogens with one attached hydrogen (secondary N) is 2. The molecule has 0 radical (unpaired) electrons. The molecule has 27 heavy (non-hydrogen) atoms. The van der Waals surface area contributed by atoms with E-state index >= 15 is 0 Å². The first-order chi connectivity index (χ1) is 13.2. The first-order valence-electron chi connectivity index (χ1n) is 9.23. The van der Waals surface area contributed by atoms with E-state index in [1.807, 2.05) is 54.0 Å². The number of hydrogen-bond donors (Lipinski definition) is 2. The molecule has 6 heteroatoms. The first-order valence-corrected chi connectivity index (χ1v) is 9.23. The molecule has 2 aromatic carbocycles. The van der Waals surface area contributed by atoms with Gasteiger partial charge in [-0.05, 0) is 37.6 Å². The standard InChI is InChI=1S/C21H24N4O2/c1-2-22-20(26)15-25-18-12-7-6-11-17(18)24-19(25)13-8-14-23-21(27)16-9-4-3-5-10-16/h3-7,9-12H,2,8,13-15H2,1H3,(H,22,26)(H,23,27). The molecule has 0 aliphatic carbocycles. The van der Waals surface area contributed by atoms with Crippen molar-refractivity contribution in [3.05, 3.63) is 66.0 Å². The molecule has 2 amide bonds. The highest BCUT2D eigenvalue weighted by Gasteiger charge is 2.13. The molecule has 0 atom stereocenters. The number of carbonyl (C=O) groups excluding carboxylic acids is 2. The normalized spacial score (nSPS) is 10.7. The number of imidazole rings is 1. The van der Waals surface area contributed by atoms with Gasteiger partial charge in [-0.2, -0.15) is 0 Å². The van der Waals surface area contributed by atoms with Crippen LogP contribution < -0.4 is 10.6 Å². The van der Waals surface area contributed by atoms with Gasteiger partial charge in [0.25, 0.3) is 5.91 Å². The molecule has 3 aromatic rings. The summed E-state index contributed by atoms with van der Waals surface area (Å²) in [5.74, 6) is 0.752. The number of rotatable bonds is 8. The van der Waals surface area contributed by atoms with Crippen molar-refractivity contribution in [1.29, 1.82) is 0 Å². The lowest BCUT2D eigenvalue weighted by atomic mass is 10.2. The molecule has 0 fully saturated rings. The lowest BCUT2D eigenvalue weighted by molar-refractivity contribution is -0.121. The minimum absolute atomic E-state index is 0.0284. The molecule has 0 aliphatic heterocycles. The number of carbonyl (C=O) groups is 2. The zero-order valence-corrected chi connectivity index (χ0v) is 15.4. The van der Waals surface area contributed by atoms with Crippen LogP contribution in [0.3, 0.4) is 0 Å². The number of hydrogen-bond acceptors (Lipinski definition) is 3.